The van der Waals surface area contributed by atoms with E-state index in [0.717, 1.165) is 37.5 Å². The molecule has 0 saturated carbocycles. The Morgan fingerprint density at radius 1 is 1.10 bits per heavy atom. The number of thioether (sulfide) groups is 1. The standard InChI is InChI=1S/C28H38OS/c1-24(14-8-5-9-15-26-16-10-6-11-17-26)13-7-3-4-12-18-27-19-20-28(23-25(27)2)29-21-22-30-28/h3-4,6,9-11,14-17,23,27H,5,7-8,12-13,18-22H2,1-2H3. The van der Waals surface area contributed by atoms with Crippen molar-refractivity contribution in [3.05, 3.63) is 77.4 Å². The predicted molar refractivity (Wildman–Crippen MR) is 134 cm³/mol. The van der Waals surface area contributed by atoms with E-state index >= 15 is 0 Å². The summed E-state index contributed by atoms with van der Waals surface area (Å²) in [6.07, 6.45) is 23.6. The number of benzene rings is 1. The lowest BCUT2D eigenvalue weighted by molar-refractivity contribution is 0.0699. The largest absolute Gasteiger partial charge is 0.360 e. The highest BCUT2D eigenvalue weighted by Crippen LogP contribution is 2.45. The highest BCUT2D eigenvalue weighted by Gasteiger charge is 2.37. The molecule has 2 atom stereocenters. The normalized spacial score (nSPS) is 24.9. The monoisotopic (exact) mass is 422 g/mol. The molecule has 2 aliphatic rings. The summed E-state index contributed by atoms with van der Waals surface area (Å²) in [6.45, 7) is 5.49. The third-order valence-electron chi connectivity index (χ3n) is 6.20. The minimum Gasteiger partial charge on any atom is -0.360 e. The summed E-state index contributed by atoms with van der Waals surface area (Å²) in [4.78, 5) is 0.0254. The molecule has 1 nitrogen and oxygen atoms in total. The van der Waals surface area contributed by atoms with Gasteiger partial charge in [0, 0.05) is 5.75 Å². The van der Waals surface area contributed by atoms with E-state index in [4.69, 9.17) is 4.74 Å². The molecule has 0 amide bonds. The second kappa shape index (κ2) is 12.4. The van der Waals surface area contributed by atoms with Gasteiger partial charge in [0.1, 0.15) is 4.93 Å². The van der Waals surface area contributed by atoms with E-state index in [1.165, 1.54) is 43.2 Å². The average Bonchev–Trinajstić information content (AvgIpc) is 3.20. The van der Waals surface area contributed by atoms with Crippen LogP contribution in [-0.2, 0) is 4.74 Å². The fourth-order valence-corrected chi connectivity index (χ4v) is 5.58. The number of rotatable bonds is 10. The van der Waals surface area contributed by atoms with E-state index in [0.29, 0.717) is 0 Å². The molecule has 1 saturated heterocycles. The van der Waals surface area contributed by atoms with Crippen molar-refractivity contribution in [3.8, 4) is 0 Å². The van der Waals surface area contributed by atoms with Gasteiger partial charge in [-0.3, -0.25) is 0 Å². The van der Waals surface area contributed by atoms with Crippen molar-refractivity contribution in [2.24, 2.45) is 5.92 Å². The van der Waals surface area contributed by atoms with Gasteiger partial charge in [0.15, 0.2) is 0 Å². The Bertz CT molecular complexity index is 750. The van der Waals surface area contributed by atoms with E-state index in [9.17, 15) is 0 Å². The summed E-state index contributed by atoms with van der Waals surface area (Å²) in [5, 5.41) is 0. The molecule has 1 fully saturated rings. The van der Waals surface area contributed by atoms with Crippen LogP contribution in [-0.4, -0.2) is 17.3 Å². The number of unbranched alkanes of at least 4 members (excludes halogenated alkanes) is 1. The molecule has 1 aromatic rings. The van der Waals surface area contributed by atoms with Crippen LogP contribution in [0.3, 0.4) is 0 Å². The molecule has 0 radical (unpaired) electrons. The van der Waals surface area contributed by atoms with Crippen molar-refractivity contribution < 1.29 is 4.74 Å². The van der Waals surface area contributed by atoms with Crippen LogP contribution in [0, 0.1) is 5.92 Å². The van der Waals surface area contributed by atoms with Gasteiger partial charge in [-0.15, -0.1) is 11.8 Å². The Morgan fingerprint density at radius 2 is 1.93 bits per heavy atom. The van der Waals surface area contributed by atoms with Crippen molar-refractivity contribution >= 4 is 17.8 Å². The molecule has 1 heterocycles. The molecule has 3 rings (SSSR count). The molecule has 2 unspecified atom stereocenters. The lowest BCUT2D eigenvalue weighted by Crippen LogP contribution is -2.28. The van der Waals surface area contributed by atoms with Crippen molar-refractivity contribution in [2.45, 2.75) is 70.1 Å². The second-order valence-corrected chi connectivity index (χ2v) is 10.0. The van der Waals surface area contributed by atoms with Gasteiger partial charge < -0.3 is 4.74 Å². The molecule has 0 aromatic heterocycles. The number of ether oxygens (including phenoxy) is 1. The van der Waals surface area contributed by atoms with Crippen LogP contribution >= 0.6 is 11.8 Å². The van der Waals surface area contributed by atoms with Gasteiger partial charge in [0.2, 0.25) is 0 Å². The zero-order valence-electron chi connectivity index (χ0n) is 18.8. The summed E-state index contributed by atoms with van der Waals surface area (Å²) in [6, 6.07) is 10.5. The molecule has 162 valence electrons. The molecule has 0 N–H and O–H groups in total. The topological polar surface area (TPSA) is 9.23 Å². The molecule has 1 aromatic carbocycles. The smallest absolute Gasteiger partial charge is 0.132 e. The Morgan fingerprint density at radius 3 is 2.70 bits per heavy atom. The van der Waals surface area contributed by atoms with E-state index < -0.39 is 0 Å². The second-order valence-electron chi connectivity index (χ2n) is 8.66. The SMILES string of the molecule is CC(=CCCC=Cc1ccccc1)CCC=CCCC1CCC2(C=C1C)OCCS2. The molecular formula is C28H38OS. The first-order valence-electron chi connectivity index (χ1n) is 11.7. The number of hydrogen-bond acceptors (Lipinski definition) is 2. The Hall–Kier alpha value is -1.51. The van der Waals surface area contributed by atoms with Crippen molar-refractivity contribution in [1.29, 1.82) is 0 Å². The van der Waals surface area contributed by atoms with E-state index in [1.807, 2.05) is 11.8 Å². The molecular weight excluding hydrogens is 384 g/mol. The van der Waals surface area contributed by atoms with Crippen LogP contribution in [0.25, 0.3) is 6.08 Å². The Kier molecular flexibility index (Phi) is 9.55. The summed E-state index contributed by atoms with van der Waals surface area (Å²) in [5.74, 6) is 1.89. The van der Waals surface area contributed by atoms with Gasteiger partial charge in [-0.05, 0) is 82.8 Å². The predicted octanol–water partition coefficient (Wildman–Crippen LogP) is 8.36. The fraction of sp³-hybridized carbons (Fsp3) is 0.500. The molecule has 1 aliphatic carbocycles. The van der Waals surface area contributed by atoms with Gasteiger partial charge in [-0.25, -0.2) is 0 Å². The van der Waals surface area contributed by atoms with Crippen LogP contribution in [0.4, 0.5) is 0 Å². The summed E-state index contributed by atoms with van der Waals surface area (Å²) in [7, 11) is 0. The quantitative estimate of drug-likeness (QED) is 0.277. The zero-order chi connectivity index (χ0) is 21.1. The first-order valence-corrected chi connectivity index (χ1v) is 12.6. The highest BCUT2D eigenvalue weighted by molar-refractivity contribution is 8.00. The lowest BCUT2D eigenvalue weighted by Gasteiger charge is -2.33. The summed E-state index contributed by atoms with van der Waals surface area (Å²) < 4.78 is 6.01. The van der Waals surface area contributed by atoms with Crippen molar-refractivity contribution in [1.82, 2.24) is 0 Å². The molecule has 1 spiro atoms. The lowest BCUT2D eigenvalue weighted by atomic mass is 9.84. The van der Waals surface area contributed by atoms with E-state index in [1.54, 1.807) is 5.57 Å². The van der Waals surface area contributed by atoms with Crippen LogP contribution in [0.15, 0.2) is 71.9 Å². The molecule has 2 heteroatoms. The van der Waals surface area contributed by atoms with Crippen LogP contribution in [0.5, 0.6) is 0 Å². The zero-order valence-corrected chi connectivity index (χ0v) is 19.6. The van der Waals surface area contributed by atoms with Crippen LogP contribution in [0.2, 0.25) is 0 Å². The maximum absolute atomic E-state index is 6.01. The molecule has 30 heavy (non-hydrogen) atoms. The van der Waals surface area contributed by atoms with E-state index in [2.05, 4.69) is 80.6 Å². The van der Waals surface area contributed by atoms with E-state index in [-0.39, 0.29) is 4.93 Å². The van der Waals surface area contributed by atoms with Gasteiger partial charge in [-0.1, -0.05) is 71.9 Å². The number of hydrogen-bond donors (Lipinski definition) is 0. The van der Waals surface area contributed by atoms with Gasteiger partial charge >= 0.3 is 0 Å². The third kappa shape index (κ3) is 7.63. The maximum atomic E-state index is 6.01. The Labute approximate surface area is 188 Å². The first kappa shape index (κ1) is 23.2. The van der Waals surface area contributed by atoms with Crippen LogP contribution in [0.1, 0.15) is 70.8 Å². The average molecular weight is 423 g/mol. The van der Waals surface area contributed by atoms with Crippen molar-refractivity contribution in [3.63, 3.8) is 0 Å². The highest BCUT2D eigenvalue weighted by atomic mass is 32.2. The minimum absolute atomic E-state index is 0.0254. The molecule has 1 aliphatic heterocycles. The summed E-state index contributed by atoms with van der Waals surface area (Å²) >= 11 is 1.99. The van der Waals surface area contributed by atoms with Crippen LogP contribution < -0.4 is 0 Å². The van der Waals surface area contributed by atoms with Gasteiger partial charge in [0.05, 0.1) is 6.61 Å². The van der Waals surface area contributed by atoms with Gasteiger partial charge in [-0.2, -0.15) is 0 Å². The minimum atomic E-state index is 0.0254. The third-order valence-corrected chi connectivity index (χ3v) is 7.50. The Balaban J connectivity index is 1.27. The first-order chi connectivity index (χ1) is 14.7. The van der Waals surface area contributed by atoms with Gasteiger partial charge in [0.25, 0.3) is 0 Å². The number of allylic oxidation sites excluding steroid dienone is 6. The van der Waals surface area contributed by atoms with Crippen molar-refractivity contribution in [2.75, 3.05) is 12.4 Å². The summed E-state index contributed by atoms with van der Waals surface area (Å²) in [5.41, 5.74) is 4.34. The fourth-order valence-electron chi connectivity index (χ4n) is 4.37. The molecule has 0 bridgehead atoms. The maximum Gasteiger partial charge on any atom is 0.132 e.